The van der Waals surface area contributed by atoms with Crippen LogP contribution in [0.15, 0.2) is 21.3 Å². The van der Waals surface area contributed by atoms with Crippen molar-refractivity contribution in [3.05, 3.63) is 39.2 Å². The maximum atomic E-state index is 11.9. The average molecular weight is 251 g/mol. The molecule has 0 amide bonds. The molecule has 2 rings (SSSR count). The van der Waals surface area contributed by atoms with Gasteiger partial charge in [0.25, 0.3) is 0 Å². The van der Waals surface area contributed by atoms with E-state index in [4.69, 9.17) is 9.68 Å². The monoisotopic (exact) mass is 251 g/mol. The van der Waals surface area contributed by atoms with Crippen molar-refractivity contribution in [3.63, 3.8) is 0 Å². The summed E-state index contributed by atoms with van der Waals surface area (Å²) in [6, 6.07) is 4.95. The van der Waals surface area contributed by atoms with Crippen LogP contribution >= 0.6 is 0 Å². The molecule has 0 unspecified atom stereocenters. The van der Waals surface area contributed by atoms with Gasteiger partial charge in [-0.25, -0.2) is 4.79 Å². The molecule has 0 spiro atoms. The van der Waals surface area contributed by atoms with Crippen LogP contribution in [0.1, 0.15) is 23.6 Å². The van der Waals surface area contributed by atoms with Gasteiger partial charge in [0, 0.05) is 5.39 Å². The largest absolute Gasteiger partial charge is 1.00 e. The minimum Gasteiger partial charge on any atom is -0.871 e. The van der Waals surface area contributed by atoms with Gasteiger partial charge in [0.1, 0.15) is 17.2 Å². The van der Waals surface area contributed by atoms with Gasteiger partial charge in [-0.2, -0.15) is 5.26 Å². The van der Waals surface area contributed by atoms with Crippen LogP contribution in [0.25, 0.3) is 11.0 Å². The van der Waals surface area contributed by atoms with E-state index in [1.54, 1.807) is 18.2 Å². The third kappa shape index (κ3) is 2.30. The molecule has 0 saturated carbocycles. The Kier molecular flexibility index (Phi) is 4.58. The summed E-state index contributed by atoms with van der Waals surface area (Å²) in [5, 5.41) is 20.9. The first-order chi connectivity index (χ1) is 8.08. The molecule has 5 heteroatoms. The normalized spacial score (nSPS) is 9.83. The Balaban J connectivity index is 0.00000162. The fourth-order valence-corrected chi connectivity index (χ4v) is 1.84. The van der Waals surface area contributed by atoms with Crippen LogP contribution in [-0.2, 0) is 6.42 Å². The third-order valence-electron chi connectivity index (χ3n) is 2.81. The molecule has 0 atom stereocenters. The number of nitrogens with zero attached hydrogens (tertiary/aromatic N) is 1. The molecule has 0 aliphatic heterocycles. The van der Waals surface area contributed by atoms with Gasteiger partial charge in [-0.05, 0) is 36.6 Å². The summed E-state index contributed by atoms with van der Waals surface area (Å²) in [5.74, 6) is -0.548. The van der Waals surface area contributed by atoms with E-state index >= 15 is 0 Å². The van der Waals surface area contributed by atoms with Gasteiger partial charge in [0.2, 0.25) is 0 Å². The molecule has 0 N–H and O–H groups in total. The van der Waals surface area contributed by atoms with Crippen LogP contribution in [0.3, 0.4) is 0 Å². The second-order valence-electron chi connectivity index (χ2n) is 3.83. The summed E-state index contributed by atoms with van der Waals surface area (Å²) in [6.07, 6.45) is 0.780. The van der Waals surface area contributed by atoms with E-state index in [0.717, 1.165) is 17.5 Å². The van der Waals surface area contributed by atoms with E-state index < -0.39 is 16.9 Å². The quantitative estimate of drug-likeness (QED) is 0.462. The Morgan fingerprint density at radius 1 is 1.44 bits per heavy atom. The molecule has 1 aromatic heterocycles. The second-order valence-corrected chi connectivity index (χ2v) is 3.83. The van der Waals surface area contributed by atoms with Crippen molar-refractivity contribution in [2.24, 2.45) is 0 Å². The molecule has 0 aliphatic rings. The molecule has 0 saturated heterocycles. The number of benzene rings is 1. The SMILES string of the molecule is CCc1cc2c([O-])c(C#N)c(=O)oc2cc1C.[Na+]. The van der Waals surface area contributed by atoms with Gasteiger partial charge in [-0.3, -0.25) is 0 Å². The van der Waals surface area contributed by atoms with Crippen molar-refractivity contribution in [1.82, 2.24) is 0 Å². The fraction of sp³-hybridized carbons (Fsp3) is 0.231. The predicted molar refractivity (Wildman–Crippen MR) is 60.8 cm³/mol. The van der Waals surface area contributed by atoms with Crippen molar-refractivity contribution >= 4 is 11.0 Å². The zero-order valence-electron chi connectivity index (χ0n) is 10.5. The molecular formula is C13H10NNaO3. The van der Waals surface area contributed by atoms with Crippen molar-refractivity contribution in [2.75, 3.05) is 0 Å². The minimum absolute atomic E-state index is 0. The smallest absolute Gasteiger partial charge is 0.871 e. The molecule has 0 bridgehead atoms. The summed E-state index contributed by atoms with van der Waals surface area (Å²) in [6.45, 7) is 3.86. The van der Waals surface area contributed by atoms with Crippen LogP contribution in [0.4, 0.5) is 0 Å². The van der Waals surface area contributed by atoms with Crippen molar-refractivity contribution < 1.29 is 39.1 Å². The number of hydrogen-bond acceptors (Lipinski definition) is 4. The number of aryl methyl sites for hydroxylation is 2. The van der Waals surface area contributed by atoms with E-state index in [0.29, 0.717) is 5.39 Å². The average Bonchev–Trinajstić information content (AvgIpc) is 2.29. The zero-order valence-corrected chi connectivity index (χ0v) is 12.5. The first kappa shape index (κ1) is 14.8. The van der Waals surface area contributed by atoms with Gasteiger partial charge in [0.05, 0.1) is 0 Å². The zero-order chi connectivity index (χ0) is 12.6. The van der Waals surface area contributed by atoms with Gasteiger partial charge >= 0.3 is 35.2 Å². The summed E-state index contributed by atoms with van der Waals surface area (Å²) in [4.78, 5) is 11.4. The molecule has 1 aromatic carbocycles. The molecule has 0 radical (unpaired) electrons. The van der Waals surface area contributed by atoms with Crippen molar-refractivity contribution in [2.45, 2.75) is 20.3 Å². The van der Waals surface area contributed by atoms with Crippen molar-refractivity contribution in [1.29, 1.82) is 5.26 Å². The Bertz CT molecular complexity index is 698. The summed E-state index contributed by atoms with van der Waals surface area (Å²) in [5.41, 5.74) is 0.894. The fourth-order valence-electron chi connectivity index (χ4n) is 1.84. The van der Waals surface area contributed by atoms with E-state index in [1.165, 1.54) is 0 Å². The molecule has 86 valence electrons. The summed E-state index contributed by atoms with van der Waals surface area (Å²) >= 11 is 0. The Hall–Kier alpha value is -1.28. The van der Waals surface area contributed by atoms with Crippen LogP contribution in [0.2, 0.25) is 0 Å². The first-order valence-electron chi connectivity index (χ1n) is 5.26. The van der Waals surface area contributed by atoms with Gasteiger partial charge < -0.3 is 9.52 Å². The van der Waals surface area contributed by atoms with Gasteiger partial charge in [0.15, 0.2) is 0 Å². The third-order valence-corrected chi connectivity index (χ3v) is 2.81. The number of hydrogen-bond donors (Lipinski definition) is 0. The van der Waals surface area contributed by atoms with E-state index in [1.807, 2.05) is 13.8 Å². The second kappa shape index (κ2) is 5.57. The maximum Gasteiger partial charge on any atom is 1.00 e. The Morgan fingerprint density at radius 2 is 2.11 bits per heavy atom. The number of nitriles is 1. The maximum absolute atomic E-state index is 11.9. The Labute approximate surface area is 126 Å². The summed E-state index contributed by atoms with van der Waals surface area (Å²) in [7, 11) is 0. The van der Waals surface area contributed by atoms with E-state index in [2.05, 4.69) is 0 Å². The van der Waals surface area contributed by atoms with Crippen molar-refractivity contribution in [3.8, 4) is 11.8 Å². The standard InChI is InChI=1S/C13H11NO3.Na/c1-3-8-5-9-11(4-7(8)2)17-13(16)10(6-14)12(9)15;/h4-5,15H,3H2,1-2H3;/q;+1/p-1. The number of fused-ring (bicyclic) bond motifs is 1. The Morgan fingerprint density at radius 3 is 2.67 bits per heavy atom. The van der Waals surface area contributed by atoms with Crippen LogP contribution in [-0.4, -0.2) is 0 Å². The molecule has 2 aromatic rings. The van der Waals surface area contributed by atoms with Gasteiger partial charge in [-0.15, -0.1) is 0 Å². The summed E-state index contributed by atoms with van der Waals surface area (Å²) < 4.78 is 4.97. The van der Waals surface area contributed by atoms with Crippen LogP contribution < -0.4 is 40.3 Å². The van der Waals surface area contributed by atoms with E-state index in [-0.39, 0.29) is 35.1 Å². The molecule has 1 heterocycles. The van der Waals surface area contributed by atoms with Gasteiger partial charge in [-0.1, -0.05) is 12.7 Å². The minimum atomic E-state index is -0.867. The first-order valence-corrected chi connectivity index (χ1v) is 5.26. The topological polar surface area (TPSA) is 77.1 Å². The van der Waals surface area contributed by atoms with E-state index in [9.17, 15) is 9.90 Å². The van der Waals surface area contributed by atoms with Crippen LogP contribution in [0.5, 0.6) is 5.75 Å². The molecule has 4 nitrogen and oxygen atoms in total. The molecule has 0 fully saturated rings. The molecule has 18 heavy (non-hydrogen) atoms. The van der Waals surface area contributed by atoms with Crippen LogP contribution in [0, 0.1) is 18.3 Å². The molecule has 0 aliphatic carbocycles. The number of rotatable bonds is 1. The molecular weight excluding hydrogens is 241 g/mol. The predicted octanol–water partition coefficient (Wildman–Crippen LogP) is -1.39.